The minimum absolute atomic E-state index is 0.0834. The Morgan fingerprint density at radius 3 is 2.44 bits per heavy atom. The molecule has 1 heterocycles. The highest BCUT2D eigenvalue weighted by Gasteiger charge is 2.32. The highest BCUT2D eigenvalue weighted by atomic mass is 19.4. The Balaban J connectivity index is 1.90. The fourth-order valence-corrected chi connectivity index (χ4v) is 4.35. The maximum atomic E-state index is 13.7. The van der Waals surface area contributed by atoms with Crippen LogP contribution in [0.1, 0.15) is 52.8 Å². The number of hydrogen-bond acceptors (Lipinski definition) is 3. The normalized spacial score (nSPS) is 12.5. The average Bonchev–Trinajstić information content (AvgIpc) is 2.85. The van der Waals surface area contributed by atoms with E-state index in [1.54, 1.807) is 38.1 Å². The van der Waals surface area contributed by atoms with Gasteiger partial charge in [-0.15, -0.1) is 0 Å². The summed E-state index contributed by atoms with van der Waals surface area (Å²) in [5, 5.41) is 0.432. The third-order valence-electron chi connectivity index (χ3n) is 6.29. The van der Waals surface area contributed by atoms with Crippen molar-refractivity contribution in [1.29, 1.82) is 0 Å². The predicted molar refractivity (Wildman–Crippen MR) is 133 cm³/mol. The van der Waals surface area contributed by atoms with Crippen molar-refractivity contribution in [2.24, 2.45) is 0 Å². The van der Waals surface area contributed by atoms with E-state index in [0.717, 1.165) is 23.3 Å². The summed E-state index contributed by atoms with van der Waals surface area (Å²) in [7, 11) is 0. The van der Waals surface area contributed by atoms with Crippen LogP contribution < -0.4 is 5.56 Å². The Morgan fingerprint density at radius 1 is 1.03 bits per heavy atom. The van der Waals surface area contributed by atoms with E-state index in [1.165, 1.54) is 21.6 Å². The molecule has 36 heavy (non-hydrogen) atoms. The number of fused-ring (bicyclic) bond motifs is 1. The first-order chi connectivity index (χ1) is 17.0. The van der Waals surface area contributed by atoms with Crippen molar-refractivity contribution in [3.8, 4) is 5.69 Å². The van der Waals surface area contributed by atoms with Gasteiger partial charge in [0.15, 0.2) is 0 Å². The zero-order valence-electron chi connectivity index (χ0n) is 20.4. The number of rotatable bonds is 5. The highest BCUT2D eigenvalue weighted by molar-refractivity contribution is 5.94. The molecule has 0 spiro atoms. The van der Waals surface area contributed by atoms with Gasteiger partial charge in [0, 0.05) is 12.1 Å². The molecule has 0 bridgehead atoms. The summed E-state index contributed by atoms with van der Waals surface area (Å²) in [4.78, 5) is 33.3. The maximum Gasteiger partial charge on any atom is 0.416 e. The smallest absolute Gasteiger partial charge is 0.329 e. The van der Waals surface area contributed by atoms with Gasteiger partial charge in [0.05, 0.1) is 28.2 Å². The Morgan fingerprint density at radius 2 is 1.75 bits per heavy atom. The number of aromatic nitrogens is 2. The van der Waals surface area contributed by atoms with Gasteiger partial charge in [0.1, 0.15) is 5.82 Å². The zero-order chi connectivity index (χ0) is 26.2. The molecule has 0 saturated carbocycles. The number of para-hydroxylation sites is 1. The minimum atomic E-state index is -4.57. The van der Waals surface area contributed by atoms with Crippen molar-refractivity contribution in [2.75, 3.05) is 6.54 Å². The van der Waals surface area contributed by atoms with Crippen LogP contribution in [0.25, 0.3) is 16.6 Å². The highest BCUT2D eigenvalue weighted by Crippen LogP contribution is 2.31. The van der Waals surface area contributed by atoms with Crippen LogP contribution in [-0.2, 0) is 6.18 Å². The molecule has 186 valence electrons. The van der Waals surface area contributed by atoms with E-state index in [1.807, 2.05) is 32.0 Å². The van der Waals surface area contributed by atoms with Crippen molar-refractivity contribution in [2.45, 2.75) is 39.9 Å². The standard InChI is InChI=1S/C28H26F3N3O2/c1-5-33(26(35)20-9-8-10-21(16-20)28(29,30)31)19(4)25-32-23-12-7-6-11-22(23)27(36)34(25)24-15-17(2)13-14-18(24)3/h6-16,19H,5H2,1-4H3. The largest absolute Gasteiger partial charge is 0.416 e. The van der Waals surface area contributed by atoms with Gasteiger partial charge < -0.3 is 4.90 Å². The van der Waals surface area contributed by atoms with Crippen molar-refractivity contribution >= 4 is 16.8 Å². The Hall–Kier alpha value is -3.94. The van der Waals surface area contributed by atoms with Gasteiger partial charge in [-0.3, -0.25) is 14.2 Å². The van der Waals surface area contributed by atoms with Crippen LogP contribution in [0.15, 0.2) is 71.5 Å². The Kier molecular flexibility index (Phi) is 6.71. The fraction of sp³-hybridized carbons (Fsp3) is 0.250. The van der Waals surface area contributed by atoms with Crippen LogP contribution in [0.5, 0.6) is 0 Å². The SMILES string of the molecule is CCN(C(=O)c1cccc(C(F)(F)F)c1)C(C)c1nc2ccccc2c(=O)n1-c1cc(C)ccc1C. The van der Waals surface area contributed by atoms with E-state index in [9.17, 15) is 22.8 Å². The van der Waals surface area contributed by atoms with Crippen molar-refractivity contribution in [3.05, 3.63) is 105 Å². The molecule has 0 saturated heterocycles. The number of hydrogen-bond donors (Lipinski definition) is 0. The molecule has 4 rings (SSSR count). The van der Waals surface area contributed by atoms with E-state index < -0.39 is 23.7 Å². The fourth-order valence-electron chi connectivity index (χ4n) is 4.35. The number of nitrogens with zero attached hydrogens (tertiary/aromatic N) is 3. The number of halogens is 3. The van der Waals surface area contributed by atoms with Crippen molar-refractivity contribution < 1.29 is 18.0 Å². The maximum absolute atomic E-state index is 13.7. The Bertz CT molecular complexity index is 1510. The summed E-state index contributed by atoms with van der Waals surface area (Å²) in [6.45, 7) is 7.47. The van der Waals surface area contributed by atoms with Crippen LogP contribution in [-0.4, -0.2) is 26.9 Å². The van der Waals surface area contributed by atoms with E-state index in [0.29, 0.717) is 22.4 Å². The third kappa shape index (κ3) is 4.63. The molecule has 3 aromatic carbocycles. The molecular formula is C28H26F3N3O2. The van der Waals surface area contributed by atoms with E-state index in [-0.39, 0.29) is 17.7 Å². The van der Waals surface area contributed by atoms with E-state index >= 15 is 0 Å². The molecule has 0 N–H and O–H groups in total. The average molecular weight is 494 g/mol. The quantitative estimate of drug-likeness (QED) is 0.331. The second-order valence-corrected chi connectivity index (χ2v) is 8.76. The summed E-state index contributed by atoms with van der Waals surface area (Å²) in [6.07, 6.45) is -4.57. The Labute approximate surface area is 206 Å². The summed E-state index contributed by atoms with van der Waals surface area (Å²) in [6, 6.07) is 16.3. The molecule has 0 aliphatic heterocycles. The number of aryl methyl sites for hydroxylation is 2. The summed E-state index contributed by atoms with van der Waals surface area (Å²) in [5.74, 6) is -0.249. The third-order valence-corrected chi connectivity index (χ3v) is 6.29. The lowest BCUT2D eigenvalue weighted by atomic mass is 10.1. The van der Waals surface area contributed by atoms with E-state index in [2.05, 4.69) is 0 Å². The molecule has 0 radical (unpaired) electrons. The van der Waals surface area contributed by atoms with Crippen LogP contribution in [0, 0.1) is 13.8 Å². The molecule has 0 aliphatic rings. The van der Waals surface area contributed by atoms with E-state index in [4.69, 9.17) is 4.98 Å². The molecule has 8 heteroatoms. The number of benzene rings is 3. The molecule has 5 nitrogen and oxygen atoms in total. The van der Waals surface area contributed by atoms with Gasteiger partial charge in [0.25, 0.3) is 11.5 Å². The monoisotopic (exact) mass is 493 g/mol. The van der Waals surface area contributed by atoms with Crippen molar-refractivity contribution in [1.82, 2.24) is 14.5 Å². The van der Waals surface area contributed by atoms with Crippen molar-refractivity contribution in [3.63, 3.8) is 0 Å². The lowest BCUT2D eigenvalue weighted by Crippen LogP contribution is -2.37. The first kappa shape index (κ1) is 25.2. The molecule has 1 aromatic heterocycles. The van der Waals surface area contributed by atoms with Gasteiger partial charge in [-0.1, -0.05) is 30.3 Å². The molecule has 4 aromatic rings. The first-order valence-corrected chi connectivity index (χ1v) is 11.6. The molecule has 0 aliphatic carbocycles. The lowest BCUT2D eigenvalue weighted by Gasteiger charge is -2.30. The molecule has 1 amide bonds. The van der Waals surface area contributed by atoms with Gasteiger partial charge in [0.2, 0.25) is 0 Å². The predicted octanol–water partition coefficient (Wildman–Crippen LogP) is 6.24. The lowest BCUT2D eigenvalue weighted by molar-refractivity contribution is -0.137. The minimum Gasteiger partial charge on any atom is -0.329 e. The first-order valence-electron chi connectivity index (χ1n) is 11.6. The van der Waals surface area contributed by atoms with Crippen LogP contribution >= 0.6 is 0 Å². The van der Waals surface area contributed by atoms with Gasteiger partial charge in [-0.2, -0.15) is 13.2 Å². The summed E-state index contributed by atoms with van der Waals surface area (Å²) >= 11 is 0. The topological polar surface area (TPSA) is 55.2 Å². The van der Waals surface area contributed by atoms with Crippen LogP contribution in [0.3, 0.4) is 0 Å². The van der Waals surface area contributed by atoms with Crippen LogP contribution in [0.4, 0.5) is 13.2 Å². The number of carbonyl (C=O) groups is 1. The number of amides is 1. The molecule has 1 atom stereocenters. The molecular weight excluding hydrogens is 467 g/mol. The second kappa shape index (κ2) is 9.60. The molecule has 0 fully saturated rings. The number of carbonyl (C=O) groups excluding carboxylic acids is 1. The van der Waals surface area contributed by atoms with Gasteiger partial charge in [-0.25, -0.2) is 4.98 Å². The molecule has 1 unspecified atom stereocenters. The second-order valence-electron chi connectivity index (χ2n) is 8.76. The number of alkyl halides is 3. The summed E-state index contributed by atoms with van der Waals surface area (Å²) in [5.41, 5.74) is 1.66. The zero-order valence-corrected chi connectivity index (χ0v) is 20.4. The van der Waals surface area contributed by atoms with Gasteiger partial charge in [-0.05, 0) is 75.2 Å². The summed E-state index contributed by atoms with van der Waals surface area (Å²) < 4.78 is 41.3. The van der Waals surface area contributed by atoms with Crippen LogP contribution in [0.2, 0.25) is 0 Å². The van der Waals surface area contributed by atoms with Gasteiger partial charge >= 0.3 is 6.18 Å².